The van der Waals surface area contributed by atoms with Gasteiger partial charge in [0, 0.05) is 17.6 Å². The highest BCUT2D eigenvalue weighted by atomic mass is 35.5. The normalized spacial score (nSPS) is 10.2. The van der Waals surface area contributed by atoms with Gasteiger partial charge in [0.05, 0.1) is 6.61 Å². The molecule has 0 atom stereocenters. The van der Waals surface area contributed by atoms with E-state index in [1.165, 1.54) is 6.33 Å². The Balaban J connectivity index is 2.09. The molecule has 100 valence electrons. The topological polar surface area (TPSA) is 47.0 Å². The van der Waals surface area contributed by atoms with Gasteiger partial charge in [-0.2, -0.15) is 0 Å². The lowest BCUT2D eigenvalue weighted by Crippen LogP contribution is -2.00. The first-order valence-electron chi connectivity index (χ1n) is 6.18. The molecule has 0 saturated heterocycles. The molecule has 2 aromatic rings. The summed E-state index contributed by atoms with van der Waals surface area (Å²) in [4.78, 5) is 8.22. The summed E-state index contributed by atoms with van der Waals surface area (Å²) in [6.07, 6.45) is 2.43. The highest BCUT2D eigenvalue weighted by Crippen LogP contribution is 2.19. The molecule has 2 rings (SSSR count). The van der Waals surface area contributed by atoms with E-state index >= 15 is 0 Å². The first kappa shape index (κ1) is 13.6. The largest absolute Gasteiger partial charge is 0.478 e. The number of alkyl halides is 1. The van der Waals surface area contributed by atoms with E-state index < -0.39 is 0 Å². The quantitative estimate of drug-likeness (QED) is 0.817. The Labute approximate surface area is 117 Å². The van der Waals surface area contributed by atoms with Crippen molar-refractivity contribution in [3.63, 3.8) is 0 Å². The molecular weight excluding hydrogens is 262 g/mol. The van der Waals surface area contributed by atoms with Crippen LogP contribution < -0.4 is 10.1 Å². The molecule has 1 N–H and O–H groups in total. The minimum atomic E-state index is 0.490. The molecule has 0 unspecified atom stereocenters. The summed E-state index contributed by atoms with van der Waals surface area (Å²) in [6.45, 7) is 2.70. The number of rotatable bonds is 6. The number of hydrogen-bond acceptors (Lipinski definition) is 4. The Hall–Kier alpha value is -1.81. The Morgan fingerprint density at radius 2 is 2.16 bits per heavy atom. The van der Waals surface area contributed by atoms with Gasteiger partial charge in [-0.1, -0.05) is 19.1 Å². The maximum Gasteiger partial charge on any atom is 0.218 e. The summed E-state index contributed by atoms with van der Waals surface area (Å²) < 4.78 is 5.47. The van der Waals surface area contributed by atoms with Crippen LogP contribution in [0.4, 0.5) is 11.5 Å². The van der Waals surface area contributed by atoms with E-state index in [2.05, 4.69) is 22.2 Å². The second-order valence-corrected chi connectivity index (χ2v) is 4.32. The number of ether oxygens (including phenoxy) is 1. The van der Waals surface area contributed by atoms with Crippen molar-refractivity contribution in [3.8, 4) is 5.88 Å². The molecule has 1 aromatic heterocycles. The Kier molecular flexibility index (Phi) is 4.98. The monoisotopic (exact) mass is 277 g/mol. The average Bonchev–Trinajstić information content (AvgIpc) is 2.46. The fourth-order valence-corrected chi connectivity index (χ4v) is 1.74. The lowest BCUT2D eigenvalue weighted by Gasteiger charge is -2.08. The van der Waals surface area contributed by atoms with Crippen LogP contribution in [-0.4, -0.2) is 16.6 Å². The van der Waals surface area contributed by atoms with Gasteiger partial charge in [0.2, 0.25) is 5.88 Å². The molecule has 5 heteroatoms. The van der Waals surface area contributed by atoms with Crippen LogP contribution in [0, 0.1) is 0 Å². The fraction of sp³-hybridized carbons (Fsp3) is 0.286. The predicted molar refractivity (Wildman–Crippen MR) is 77.1 cm³/mol. The molecule has 0 bridgehead atoms. The fourth-order valence-electron chi connectivity index (χ4n) is 1.57. The smallest absolute Gasteiger partial charge is 0.218 e. The standard InChI is InChI=1S/C14H16ClN3O/c1-2-6-19-14-8-13(16-10-17-14)18-12-5-3-4-11(7-12)9-15/h3-5,7-8,10H,2,6,9H2,1H3,(H,16,17,18). The van der Waals surface area contributed by atoms with Crippen molar-refractivity contribution in [2.75, 3.05) is 11.9 Å². The predicted octanol–water partition coefficient (Wildman–Crippen LogP) is 3.75. The van der Waals surface area contributed by atoms with Crippen LogP contribution >= 0.6 is 11.6 Å². The molecule has 0 aliphatic rings. The number of nitrogens with zero attached hydrogens (tertiary/aromatic N) is 2. The van der Waals surface area contributed by atoms with Gasteiger partial charge in [-0.15, -0.1) is 11.6 Å². The lowest BCUT2D eigenvalue weighted by molar-refractivity contribution is 0.305. The van der Waals surface area contributed by atoms with Crippen LogP contribution in [0.15, 0.2) is 36.7 Å². The van der Waals surface area contributed by atoms with Crippen molar-refractivity contribution >= 4 is 23.1 Å². The summed E-state index contributed by atoms with van der Waals surface area (Å²) in [6, 6.07) is 9.67. The van der Waals surface area contributed by atoms with Crippen molar-refractivity contribution < 1.29 is 4.74 Å². The van der Waals surface area contributed by atoms with Crippen molar-refractivity contribution in [3.05, 3.63) is 42.2 Å². The van der Waals surface area contributed by atoms with E-state index in [4.69, 9.17) is 16.3 Å². The van der Waals surface area contributed by atoms with E-state index in [1.54, 1.807) is 6.07 Å². The maximum absolute atomic E-state index is 5.81. The Morgan fingerprint density at radius 1 is 1.26 bits per heavy atom. The first-order chi connectivity index (χ1) is 9.31. The summed E-state index contributed by atoms with van der Waals surface area (Å²) in [7, 11) is 0. The van der Waals surface area contributed by atoms with Gasteiger partial charge >= 0.3 is 0 Å². The van der Waals surface area contributed by atoms with E-state index in [0.717, 1.165) is 17.7 Å². The summed E-state index contributed by atoms with van der Waals surface area (Å²) in [5.41, 5.74) is 2.00. The Morgan fingerprint density at radius 3 is 2.95 bits per heavy atom. The minimum absolute atomic E-state index is 0.490. The van der Waals surface area contributed by atoms with Crippen LogP contribution in [-0.2, 0) is 5.88 Å². The SMILES string of the molecule is CCCOc1cc(Nc2cccc(CCl)c2)ncn1. The average molecular weight is 278 g/mol. The molecule has 0 spiro atoms. The number of halogens is 1. The molecule has 1 heterocycles. The van der Waals surface area contributed by atoms with Gasteiger partial charge in [-0.25, -0.2) is 9.97 Å². The van der Waals surface area contributed by atoms with Gasteiger partial charge in [-0.3, -0.25) is 0 Å². The van der Waals surface area contributed by atoms with E-state index in [1.807, 2.05) is 24.3 Å². The van der Waals surface area contributed by atoms with Crippen LogP contribution in [0.25, 0.3) is 0 Å². The minimum Gasteiger partial charge on any atom is -0.478 e. The molecule has 0 aliphatic heterocycles. The summed E-state index contributed by atoms with van der Waals surface area (Å²) in [5.74, 6) is 1.77. The number of benzene rings is 1. The number of hydrogen-bond donors (Lipinski definition) is 1. The lowest BCUT2D eigenvalue weighted by atomic mass is 10.2. The number of nitrogens with one attached hydrogen (secondary N) is 1. The van der Waals surface area contributed by atoms with Gasteiger partial charge in [0.25, 0.3) is 0 Å². The molecular formula is C14H16ClN3O. The maximum atomic E-state index is 5.81. The second kappa shape index (κ2) is 6.95. The molecule has 1 aromatic carbocycles. The Bertz CT molecular complexity index is 534. The van der Waals surface area contributed by atoms with Crippen LogP contribution in [0.3, 0.4) is 0 Å². The van der Waals surface area contributed by atoms with Crippen molar-refractivity contribution in [2.24, 2.45) is 0 Å². The van der Waals surface area contributed by atoms with E-state index in [9.17, 15) is 0 Å². The molecule has 0 fully saturated rings. The third-order valence-electron chi connectivity index (χ3n) is 2.45. The third-order valence-corrected chi connectivity index (χ3v) is 2.76. The van der Waals surface area contributed by atoms with Crippen LogP contribution in [0.5, 0.6) is 5.88 Å². The van der Waals surface area contributed by atoms with Gasteiger partial charge in [-0.05, 0) is 24.1 Å². The van der Waals surface area contributed by atoms with Crippen molar-refractivity contribution in [1.82, 2.24) is 9.97 Å². The van der Waals surface area contributed by atoms with Gasteiger partial charge in [0.1, 0.15) is 12.1 Å². The number of anilines is 2. The van der Waals surface area contributed by atoms with Gasteiger partial charge < -0.3 is 10.1 Å². The highest BCUT2D eigenvalue weighted by Gasteiger charge is 2.01. The van der Waals surface area contributed by atoms with Crippen molar-refractivity contribution in [1.29, 1.82) is 0 Å². The van der Waals surface area contributed by atoms with Crippen LogP contribution in [0.2, 0.25) is 0 Å². The first-order valence-corrected chi connectivity index (χ1v) is 6.72. The molecule has 0 amide bonds. The second-order valence-electron chi connectivity index (χ2n) is 4.05. The van der Waals surface area contributed by atoms with Crippen LogP contribution in [0.1, 0.15) is 18.9 Å². The van der Waals surface area contributed by atoms with Crippen molar-refractivity contribution in [2.45, 2.75) is 19.2 Å². The zero-order valence-corrected chi connectivity index (χ0v) is 11.5. The molecule has 0 radical (unpaired) electrons. The third kappa shape index (κ3) is 4.10. The number of aromatic nitrogens is 2. The molecule has 0 saturated carbocycles. The van der Waals surface area contributed by atoms with Gasteiger partial charge in [0.15, 0.2) is 0 Å². The highest BCUT2D eigenvalue weighted by molar-refractivity contribution is 6.17. The van der Waals surface area contributed by atoms with E-state index in [-0.39, 0.29) is 0 Å². The van der Waals surface area contributed by atoms with E-state index in [0.29, 0.717) is 24.2 Å². The zero-order valence-electron chi connectivity index (χ0n) is 10.8. The molecule has 19 heavy (non-hydrogen) atoms. The zero-order chi connectivity index (χ0) is 13.5. The molecule has 4 nitrogen and oxygen atoms in total. The molecule has 0 aliphatic carbocycles. The summed E-state index contributed by atoms with van der Waals surface area (Å²) in [5, 5.41) is 3.21. The summed E-state index contributed by atoms with van der Waals surface area (Å²) >= 11 is 5.81.